The van der Waals surface area contributed by atoms with E-state index in [0.717, 1.165) is 9.61 Å². The van der Waals surface area contributed by atoms with Gasteiger partial charge in [0.15, 0.2) is 0 Å². The minimum Gasteiger partial charge on any atom is -0.312 e. The molecule has 0 bridgehead atoms. The second kappa shape index (κ2) is 3.65. The summed E-state index contributed by atoms with van der Waals surface area (Å²) in [6.45, 7) is 4.14. The quantitative estimate of drug-likeness (QED) is 0.851. The van der Waals surface area contributed by atoms with Gasteiger partial charge in [0.2, 0.25) is 0 Å². The zero-order valence-electron chi connectivity index (χ0n) is 6.81. The molecule has 0 aromatic carbocycles. The number of nitrogens with one attached hydrogen (secondary N) is 1. The molecule has 0 aliphatic rings. The van der Waals surface area contributed by atoms with Crippen molar-refractivity contribution in [2.24, 2.45) is 0 Å². The van der Waals surface area contributed by atoms with Crippen LogP contribution in [0.2, 0.25) is 0 Å². The van der Waals surface area contributed by atoms with E-state index in [1.165, 1.54) is 4.88 Å². The predicted molar refractivity (Wildman–Crippen MR) is 52.0 cm³/mol. The van der Waals surface area contributed by atoms with Crippen LogP contribution >= 0.6 is 27.3 Å². The number of aromatic nitrogens is 1. The average molecular weight is 235 g/mol. The van der Waals surface area contributed by atoms with E-state index in [0.29, 0.717) is 6.04 Å². The lowest BCUT2D eigenvalue weighted by atomic mass is 10.3. The highest BCUT2D eigenvalue weighted by Crippen LogP contribution is 2.28. The number of hydrogen-bond acceptors (Lipinski definition) is 3. The molecule has 1 aromatic heterocycles. The van der Waals surface area contributed by atoms with E-state index in [1.807, 2.05) is 14.0 Å². The molecule has 0 radical (unpaired) electrons. The van der Waals surface area contributed by atoms with E-state index >= 15 is 0 Å². The molecule has 0 aliphatic heterocycles. The summed E-state index contributed by atoms with van der Waals surface area (Å²) in [6.07, 6.45) is 0. The van der Waals surface area contributed by atoms with Gasteiger partial charge in [-0.1, -0.05) is 0 Å². The van der Waals surface area contributed by atoms with Crippen LogP contribution in [0.15, 0.2) is 4.60 Å². The first-order chi connectivity index (χ1) is 5.15. The Morgan fingerprint density at radius 3 is 2.64 bits per heavy atom. The molecule has 1 rings (SSSR count). The van der Waals surface area contributed by atoms with E-state index in [-0.39, 0.29) is 0 Å². The van der Waals surface area contributed by atoms with Crippen molar-refractivity contribution in [3.8, 4) is 0 Å². The smallest absolute Gasteiger partial charge is 0.122 e. The summed E-state index contributed by atoms with van der Waals surface area (Å²) in [7, 11) is 1.95. The fourth-order valence-electron chi connectivity index (χ4n) is 0.816. The van der Waals surface area contributed by atoms with Crippen molar-refractivity contribution in [1.82, 2.24) is 10.3 Å². The summed E-state index contributed by atoms with van der Waals surface area (Å²) in [5, 5.41) is 4.28. The van der Waals surface area contributed by atoms with Crippen LogP contribution in [0.1, 0.15) is 22.9 Å². The van der Waals surface area contributed by atoms with E-state index in [1.54, 1.807) is 11.3 Å². The van der Waals surface area contributed by atoms with Crippen molar-refractivity contribution in [3.05, 3.63) is 14.5 Å². The topological polar surface area (TPSA) is 24.9 Å². The van der Waals surface area contributed by atoms with Crippen LogP contribution in [-0.4, -0.2) is 12.0 Å². The molecule has 2 nitrogen and oxygen atoms in total. The lowest BCUT2D eigenvalue weighted by molar-refractivity contribution is 0.659. The summed E-state index contributed by atoms with van der Waals surface area (Å²) >= 11 is 5.14. The molecular formula is C7H11BrN2S. The van der Waals surface area contributed by atoms with Crippen molar-refractivity contribution in [1.29, 1.82) is 0 Å². The van der Waals surface area contributed by atoms with Gasteiger partial charge >= 0.3 is 0 Å². The van der Waals surface area contributed by atoms with Gasteiger partial charge < -0.3 is 5.32 Å². The zero-order valence-corrected chi connectivity index (χ0v) is 9.21. The second-order valence-electron chi connectivity index (χ2n) is 2.40. The molecule has 0 amide bonds. The van der Waals surface area contributed by atoms with Gasteiger partial charge in [-0.25, -0.2) is 4.98 Å². The average Bonchev–Trinajstić information content (AvgIpc) is 2.28. The number of nitrogens with zero attached hydrogens (tertiary/aromatic N) is 1. The molecule has 1 aromatic rings. The van der Waals surface area contributed by atoms with E-state index in [2.05, 4.69) is 33.2 Å². The molecule has 1 unspecified atom stereocenters. The molecule has 0 aliphatic carbocycles. The summed E-state index contributed by atoms with van der Waals surface area (Å²) < 4.78 is 0.974. The zero-order chi connectivity index (χ0) is 8.43. The third-order valence-electron chi connectivity index (χ3n) is 1.54. The minimum absolute atomic E-state index is 0.385. The van der Waals surface area contributed by atoms with Gasteiger partial charge in [-0.05, 0) is 36.8 Å². The Balaban J connectivity index is 2.93. The minimum atomic E-state index is 0.385. The van der Waals surface area contributed by atoms with E-state index in [4.69, 9.17) is 0 Å². The monoisotopic (exact) mass is 234 g/mol. The Kier molecular flexibility index (Phi) is 3.04. The van der Waals surface area contributed by atoms with E-state index in [9.17, 15) is 0 Å². The van der Waals surface area contributed by atoms with Crippen LogP contribution in [0, 0.1) is 6.92 Å². The molecule has 1 atom stereocenters. The highest BCUT2D eigenvalue weighted by molar-refractivity contribution is 9.10. The molecule has 62 valence electrons. The number of rotatable bonds is 2. The van der Waals surface area contributed by atoms with Gasteiger partial charge in [0.25, 0.3) is 0 Å². The Bertz CT molecular complexity index is 247. The Hall–Kier alpha value is 0.0700. The molecule has 0 spiro atoms. The molecule has 11 heavy (non-hydrogen) atoms. The van der Waals surface area contributed by atoms with Gasteiger partial charge in [0.05, 0.1) is 9.88 Å². The van der Waals surface area contributed by atoms with Crippen molar-refractivity contribution < 1.29 is 0 Å². The number of aryl methyl sites for hydroxylation is 1. The fraction of sp³-hybridized carbons (Fsp3) is 0.571. The molecule has 1 heterocycles. The maximum atomic E-state index is 4.28. The Labute approximate surface area is 79.2 Å². The van der Waals surface area contributed by atoms with Crippen molar-refractivity contribution >= 4 is 27.3 Å². The molecular weight excluding hydrogens is 224 g/mol. The summed E-state index contributed by atoms with van der Waals surface area (Å²) in [6, 6.07) is 0.385. The highest BCUT2D eigenvalue weighted by Gasteiger charge is 2.11. The number of halogens is 1. The standard InChI is InChI=1S/C7H11BrN2S/c1-4(9-3)6-7(8)10-5(2)11-6/h4,9H,1-3H3. The normalized spacial score (nSPS) is 13.5. The highest BCUT2D eigenvalue weighted by atomic mass is 79.9. The van der Waals surface area contributed by atoms with Gasteiger partial charge in [-0.3, -0.25) is 0 Å². The first-order valence-corrected chi connectivity index (χ1v) is 5.06. The second-order valence-corrected chi connectivity index (χ2v) is 4.38. The van der Waals surface area contributed by atoms with Crippen LogP contribution in [0.5, 0.6) is 0 Å². The van der Waals surface area contributed by atoms with Crippen LogP contribution in [0.3, 0.4) is 0 Å². The lowest BCUT2D eigenvalue weighted by Gasteiger charge is -2.06. The first kappa shape index (κ1) is 9.16. The lowest BCUT2D eigenvalue weighted by Crippen LogP contribution is -2.11. The van der Waals surface area contributed by atoms with Crippen LogP contribution in [-0.2, 0) is 0 Å². The largest absolute Gasteiger partial charge is 0.312 e. The third-order valence-corrected chi connectivity index (χ3v) is 3.56. The first-order valence-electron chi connectivity index (χ1n) is 3.45. The molecule has 0 fully saturated rings. The molecule has 0 saturated heterocycles. The maximum absolute atomic E-state index is 4.28. The van der Waals surface area contributed by atoms with Gasteiger partial charge in [-0.2, -0.15) is 0 Å². The fourth-order valence-corrected chi connectivity index (χ4v) is 2.66. The molecule has 0 saturated carbocycles. The SMILES string of the molecule is CNC(C)c1sc(C)nc1Br. The summed E-state index contributed by atoms with van der Waals surface area (Å²) in [5.74, 6) is 0. The van der Waals surface area contributed by atoms with Crippen LogP contribution in [0.25, 0.3) is 0 Å². The van der Waals surface area contributed by atoms with Crippen molar-refractivity contribution in [3.63, 3.8) is 0 Å². The Morgan fingerprint density at radius 1 is 1.64 bits per heavy atom. The van der Waals surface area contributed by atoms with Gasteiger partial charge in [0, 0.05) is 6.04 Å². The number of hydrogen-bond donors (Lipinski definition) is 1. The van der Waals surface area contributed by atoms with Gasteiger partial charge in [-0.15, -0.1) is 11.3 Å². The van der Waals surface area contributed by atoms with Gasteiger partial charge in [0.1, 0.15) is 4.60 Å². The third kappa shape index (κ3) is 2.01. The molecule has 1 N–H and O–H groups in total. The summed E-state index contributed by atoms with van der Waals surface area (Å²) in [5.41, 5.74) is 0. The number of thiazole rings is 1. The van der Waals surface area contributed by atoms with Crippen molar-refractivity contribution in [2.45, 2.75) is 19.9 Å². The van der Waals surface area contributed by atoms with Crippen LogP contribution in [0.4, 0.5) is 0 Å². The van der Waals surface area contributed by atoms with E-state index < -0.39 is 0 Å². The Morgan fingerprint density at radius 2 is 2.27 bits per heavy atom. The molecule has 4 heteroatoms. The van der Waals surface area contributed by atoms with Crippen molar-refractivity contribution in [2.75, 3.05) is 7.05 Å². The maximum Gasteiger partial charge on any atom is 0.122 e. The summed E-state index contributed by atoms with van der Waals surface area (Å²) in [4.78, 5) is 5.54. The van der Waals surface area contributed by atoms with Crippen LogP contribution < -0.4 is 5.32 Å². The predicted octanol–water partition coefficient (Wildman–Crippen LogP) is 2.49.